The third kappa shape index (κ3) is 14.1. The molecule has 0 saturated heterocycles. The number of para-hydroxylation sites is 2. The minimum atomic E-state index is -0.419. The third-order valence-electron chi connectivity index (χ3n) is 10.6. The maximum absolute atomic E-state index is 9.59. The molecule has 66 heavy (non-hydrogen) atoms. The number of aliphatic hydroxyl groups is 1. The number of aryl methyl sites for hydroxylation is 4. The van der Waals surface area contributed by atoms with Crippen LogP contribution in [0.4, 0.5) is 0 Å². The number of aliphatic hydroxyl groups excluding tert-OH is 1. The van der Waals surface area contributed by atoms with Gasteiger partial charge in [0, 0.05) is 39.5 Å². The number of esters is 1. The summed E-state index contributed by atoms with van der Waals surface area (Å²) in [5.74, 6) is -0.245. The van der Waals surface area contributed by atoms with Crippen molar-refractivity contribution in [2.45, 2.75) is 73.6 Å². The van der Waals surface area contributed by atoms with E-state index in [0.29, 0.717) is 26.4 Å². The second-order valence-corrected chi connectivity index (χ2v) is 17.2. The molecule has 10 rings (SSSR count). The van der Waals surface area contributed by atoms with Gasteiger partial charge in [-0.2, -0.15) is 0 Å². The van der Waals surface area contributed by atoms with Crippen molar-refractivity contribution in [1.29, 1.82) is 0 Å². The molecule has 9 nitrogen and oxygen atoms in total. The first-order valence-electron chi connectivity index (χ1n) is 21.7. The normalized spacial score (nSPS) is 14.2. The number of ether oxygens (including phenoxy) is 5. The summed E-state index contributed by atoms with van der Waals surface area (Å²) in [7, 11) is 2.35. The summed E-state index contributed by atoms with van der Waals surface area (Å²) in [4.78, 5) is 19.1. The van der Waals surface area contributed by atoms with Gasteiger partial charge in [0.1, 0.15) is 11.4 Å². The second-order valence-electron chi connectivity index (χ2n) is 15.9. The van der Waals surface area contributed by atoms with Gasteiger partial charge in [-0.05, 0) is 115 Å². The Balaban J connectivity index is 0.000000170. The molecule has 0 saturated carbocycles. The van der Waals surface area contributed by atoms with E-state index in [0.717, 1.165) is 62.6 Å². The van der Waals surface area contributed by atoms with Gasteiger partial charge < -0.3 is 28.8 Å². The van der Waals surface area contributed by atoms with Gasteiger partial charge in [0.2, 0.25) is 12.6 Å². The van der Waals surface area contributed by atoms with Gasteiger partial charge in [0.05, 0.1) is 44.6 Å². The lowest BCUT2D eigenvalue weighted by Crippen LogP contribution is -2.05. The molecule has 10 heteroatoms. The number of benzene rings is 6. The van der Waals surface area contributed by atoms with Crippen LogP contribution in [-0.2, 0) is 54.9 Å². The predicted octanol–water partition coefficient (Wildman–Crippen LogP) is 12.9. The van der Waals surface area contributed by atoms with Crippen molar-refractivity contribution < 1.29 is 33.6 Å². The highest BCUT2D eigenvalue weighted by atomic mass is 127. The number of rotatable bonds is 7. The fraction of sp³-hybridized carbons (Fsp3) is 0.232. The molecule has 340 valence electrons. The van der Waals surface area contributed by atoms with Gasteiger partial charge in [-0.1, -0.05) is 131 Å². The molecule has 0 bridgehead atoms. The van der Waals surface area contributed by atoms with Crippen LogP contribution in [0.1, 0.15) is 75.4 Å². The molecule has 0 radical (unpaired) electrons. The van der Waals surface area contributed by atoms with Crippen molar-refractivity contribution in [2.24, 2.45) is 0 Å². The smallest absolute Gasteiger partial charge is 0.302 e. The van der Waals surface area contributed by atoms with E-state index in [1.54, 1.807) is 0 Å². The summed E-state index contributed by atoms with van der Waals surface area (Å²) in [5.41, 5.74) is 15.8. The SMILES string of the molecule is CO.COC(C)=O.Cc1ccc(-c2cc(C)cc(COC3OCc4cc5ccccc5nc43)c2)cc1.Cc1ccc(I)cc1.Cc1cccc(COC2OCc3cc4ccccc4nc32)c1. The lowest BCUT2D eigenvalue weighted by molar-refractivity contribution is -0.147. The largest absolute Gasteiger partial charge is 0.469 e. The molecule has 1 N–H and O–H groups in total. The maximum atomic E-state index is 9.59. The number of fused-ring (bicyclic) bond motifs is 4. The second kappa shape index (κ2) is 24.6. The minimum absolute atomic E-state index is 0.245. The van der Waals surface area contributed by atoms with Crippen molar-refractivity contribution in [2.75, 3.05) is 14.2 Å². The van der Waals surface area contributed by atoms with Gasteiger partial charge in [-0.25, -0.2) is 9.97 Å². The molecule has 2 atom stereocenters. The van der Waals surface area contributed by atoms with E-state index in [4.69, 9.17) is 34.0 Å². The van der Waals surface area contributed by atoms with Crippen molar-refractivity contribution in [3.8, 4) is 11.1 Å². The highest BCUT2D eigenvalue weighted by molar-refractivity contribution is 14.1. The van der Waals surface area contributed by atoms with E-state index < -0.39 is 6.29 Å². The van der Waals surface area contributed by atoms with E-state index in [-0.39, 0.29) is 12.3 Å². The Morgan fingerprint density at radius 3 is 1.56 bits per heavy atom. The average Bonchev–Trinajstić information content (AvgIpc) is 3.93. The van der Waals surface area contributed by atoms with Gasteiger partial charge >= 0.3 is 5.97 Å². The summed E-state index contributed by atoms with van der Waals surface area (Å²) in [6.07, 6.45) is -0.793. The zero-order chi connectivity index (χ0) is 47.0. The van der Waals surface area contributed by atoms with Gasteiger partial charge in [0.25, 0.3) is 0 Å². The average molecular weight is 997 g/mol. The van der Waals surface area contributed by atoms with Crippen molar-refractivity contribution in [1.82, 2.24) is 9.97 Å². The number of carbonyl (C=O) groups excluding carboxylic acids is 1. The molecule has 2 unspecified atom stereocenters. The highest BCUT2D eigenvalue weighted by Crippen LogP contribution is 2.35. The molecule has 0 aliphatic carbocycles. The van der Waals surface area contributed by atoms with Crippen LogP contribution in [-0.4, -0.2) is 35.3 Å². The van der Waals surface area contributed by atoms with E-state index >= 15 is 0 Å². The van der Waals surface area contributed by atoms with Gasteiger partial charge in [0.15, 0.2) is 0 Å². The summed E-state index contributed by atoms with van der Waals surface area (Å²) >= 11 is 2.30. The quantitative estimate of drug-likeness (QED) is 0.123. The fourth-order valence-electron chi connectivity index (χ4n) is 7.27. The summed E-state index contributed by atoms with van der Waals surface area (Å²) in [6, 6.07) is 52.5. The fourth-order valence-corrected chi connectivity index (χ4v) is 7.63. The molecule has 0 fully saturated rings. The summed E-state index contributed by atoms with van der Waals surface area (Å²) < 4.78 is 29.1. The molecule has 0 amide bonds. The molecule has 8 aromatic rings. The Labute approximate surface area is 401 Å². The Morgan fingerprint density at radius 1 is 0.576 bits per heavy atom. The van der Waals surface area contributed by atoms with Crippen LogP contribution >= 0.6 is 22.6 Å². The van der Waals surface area contributed by atoms with Crippen LogP contribution < -0.4 is 0 Å². The third-order valence-corrected chi connectivity index (χ3v) is 11.3. The molecular formula is C56H57IN2O7. The Kier molecular flexibility index (Phi) is 18.5. The van der Waals surface area contributed by atoms with Crippen LogP contribution in [0.3, 0.4) is 0 Å². The number of nitrogens with zero attached hydrogens (tertiary/aromatic N) is 2. The highest BCUT2D eigenvalue weighted by Gasteiger charge is 2.27. The van der Waals surface area contributed by atoms with E-state index in [2.05, 4.69) is 164 Å². The summed E-state index contributed by atoms with van der Waals surface area (Å²) in [6.45, 7) is 11.9. The minimum Gasteiger partial charge on any atom is -0.469 e. The van der Waals surface area contributed by atoms with Gasteiger partial charge in [-0.15, -0.1) is 0 Å². The molecule has 2 aromatic heterocycles. The van der Waals surface area contributed by atoms with E-state index in [1.165, 1.54) is 51.0 Å². The lowest BCUT2D eigenvalue weighted by atomic mass is 10.00. The number of carbonyl (C=O) groups is 1. The van der Waals surface area contributed by atoms with E-state index in [1.807, 2.05) is 42.5 Å². The first-order chi connectivity index (χ1) is 32.0. The molecular weight excluding hydrogens is 940 g/mol. The van der Waals surface area contributed by atoms with Gasteiger partial charge in [-0.3, -0.25) is 4.79 Å². The van der Waals surface area contributed by atoms with Crippen molar-refractivity contribution in [3.05, 3.63) is 211 Å². The standard InChI is InChI=1S/C26H23NO2.C19H17NO2.C7H7I.C3H6O2.CH4O/c1-17-7-9-20(10-8-17)22-12-18(2)11-19(13-22)15-28-26-25-23(16-29-26)14-21-5-3-4-6-24(21)27-25;1-13-5-4-6-14(9-13)11-21-19-18-16(12-22-19)10-15-7-2-3-8-17(15)20-18;1-6-2-4-7(8)5-3-6;1-3(4)5-2;1-2/h3-14,26H,15-16H2,1-2H3;2-10,19H,11-12H2,1H3;2-5H,1H3;1-2H3;2H,1H3. The number of methoxy groups -OCH3 is 1. The Bertz CT molecular complexity index is 2810. The lowest BCUT2D eigenvalue weighted by Gasteiger charge is -2.14. The zero-order valence-corrected chi connectivity index (χ0v) is 40.7. The maximum Gasteiger partial charge on any atom is 0.302 e. The number of hydrogen-bond donors (Lipinski definition) is 1. The first-order valence-corrected chi connectivity index (χ1v) is 22.8. The van der Waals surface area contributed by atoms with Crippen LogP contribution in [0.5, 0.6) is 0 Å². The van der Waals surface area contributed by atoms with E-state index in [9.17, 15) is 4.79 Å². The monoisotopic (exact) mass is 996 g/mol. The topological polar surface area (TPSA) is 109 Å². The number of hydrogen-bond acceptors (Lipinski definition) is 9. The van der Waals surface area contributed by atoms with Crippen LogP contribution in [0, 0.1) is 31.3 Å². The predicted molar refractivity (Wildman–Crippen MR) is 270 cm³/mol. The zero-order valence-electron chi connectivity index (χ0n) is 38.6. The molecule has 2 aliphatic heterocycles. The van der Waals surface area contributed by atoms with Crippen molar-refractivity contribution >= 4 is 50.4 Å². The van der Waals surface area contributed by atoms with Crippen LogP contribution in [0.15, 0.2) is 152 Å². The number of pyridine rings is 2. The summed E-state index contributed by atoms with van der Waals surface area (Å²) in [5, 5.41) is 9.28. The molecule has 6 aromatic carbocycles. The molecule has 0 spiro atoms. The number of halogens is 1. The molecule has 4 heterocycles. The molecule has 2 aliphatic rings. The Hall–Kier alpha value is -5.86. The Morgan fingerprint density at radius 2 is 1.06 bits per heavy atom. The number of aromatic nitrogens is 2. The van der Waals surface area contributed by atoms with Crippen LogP contribution in [0.25, 0.3) is 32.9 Å². The first kappa shape index (κ1) is 49.6. The van der Waals surface area contributed by atoms with Crippen LogP contribution in [0.2, 0.25) is 0 Å². The van der Waals surface area contributed by atoms with Crippen molar-refractivity contribution in [3.63, 3.8) is 0 Å².